The van der Waals surface area contributed by atoms with E-state index < -0.39 is 29.4 Å². The number of halogens is 4. The van der Waals surface area contributed by atoms with Gasteiger partial charge in [0.15, 0.2) is 0 Å². The largest absolute Gasteiger partial charge is 0.345 e. The van der Waals surface area contributed by atoms with E-state index >= 15 is 0 Å². The van der Waals surface area contributed by atoms with Gasteiger partial charge in [-0.15, -0.1) is 0 Å². The third-order valence-corrected chi connectivity index (χ3v) is 3.12. The lowest BCUT2D eigenvalue weighted by Crippen LogP contribution is -2.28. The minimum Gasteiger partial charge on any atom is -0.345 e. The smallest absolute Gasteiger partial charge is 0.254 e. The Balaban J connectivity index is 2.23. The van der Waals surface area contributed by atoms with Crippen molar-refractivity contribution in [1.82, 2.24) is 10.3 Å². The van der Waals surface area contributed by atoms with Gasteiger partial charge in [0.1, 0.15) is 22.6 Å². The van der Waals surface area contributed by atoms with Crippen LogP contribution in [0, 0.1) is 17.5 Å². The van der Waals surface area contributed by atoms with Crippen LogP contribution in [0.25, 0.3) is 0 Å². The highest BCUT2D eigenvalue weighted by atomic mass is 35.5. The molecule has 0 spiro atoms. The van der Waals surface area contributed by atoms with E-state index in [-0.39, 0.29) is 16.3 Å². The van der Waals surface area contributed by atoms with Gasteiger partial charge in [0.25, 0.3) is 5.91 Å². The molecule has 0 aliphatic heterocycles. The Morgan fingerprint density at radius 2 is 1.95 bits per heavy atom. The average molecular weight is 315 g/mol. The van der Waals surface area contributed by atoms with E-state index in [0.29, 0.717) is 0 Å². The molecule has 3 nitrogen and oxygen atoms in total. The first-order valence-corrected chi connectivity index (χ1v) is 6.33. The molecule has 1 heterocycles. The number of amides is 1. The zero-order valence-corrected chi connectivity index (χ0v) is 11.6. The van der Waals surface area contributed by atoms with E-state index in [4.69, 9.17) is 11.6 Å². The summed E-state index contributed by atoms with van der Waals surface area (Å²) in [6.07, 6.45) is 0.870. The minimum absolute atomic E-state index is 0.0242. The summed E-state index contributed by atoms with van der Waals surface area (Å²) in [6, 6.07) is 3.00. The lowest BCUT2D eigenvalue weighted by Gasteiger charge is -2.15. The van der Waals surface area contributed by atoms with Crippen molar-refractivity contribution >= 4 is 17.5 Å². The first kappa shape index (κ1) is 15.3. The molecule has 1 aromatic carbocycles. The van der Waals surface area contributed by atoms with Gasteiger partial charge in [-0.05, 0) is 31.2 Å². The highest BCUT2D eigenvalue weighted by molar-refractivity contribution is 6.32. The number of rotatable bonds is 3. The Bertz CT molecular complexity index is 694. The second kappa shape index (κ2) is 6.13. The third kappa shape index (κ3) is 3.52. The second-order valence-electron chi connectivity index (χ2n) is 4.35. The molecule has 110 valence electrons. The van der Waals surface area contributed by atoms with Crippen LogP contribution in [0.3, 0.4) is 0 Å². The van der Waals surface area contributed by atoms with Crippen LogP contribution in [0.4, 0.5) is 13.2 Å². The van der Waals surface area contributed by atoms with Crippen molar-refractivity contribution in [3.63, 3.8) is 0 Å². The van der Waals surface area contributed by atoms with Crippen LogP contribution in [-0.2, 0) is 0 Å². The molecule has 0 bridgehead atoms. The molecular weight excluding hydrogens is 305 g/mol. The van der Waals surface area contributed by atoms with Gasteiger partial charge in [-0.3, -0.25) is 4.79 Å². The van der Waals surface area contributed by atoms with Crippen LogP contribution in [0.1, 0.15) is 28.9 Å². The van der Waals surface area contributed by atoms with Gasteiger partial charge >= 0.3 is 0 Å². The first-order valence-electron chi connectivity index (χ1n) is 5.95. The van der Waals surface area contributed by atoms with Gasteiger partial charge in [0.05, 0.1) is 17.8 Å². The second-order valence-corrected chi connectivity index (χ2v) is 4.71. The molecule has 0 fully saturated rings. The topological polar surface area (TPSA) is 42.0 Å². The van der Waals surface area contributed by atoms with Crippen molar-refractivity contribution in [2.75, 3.05) is 0 Å². The van der Waals surface area contributed by atoms with Crippen molar-refractivity contribution < 1.29 is 18.0 Å². The zero-order valence-electron chi connectivity index (χ0n) is 10.8. The Hall–Kier alpha value is -2.08. The summed E-state index contributed by atoms with van der Waals surface area (Å²) in [6.45, 7) is 1.47. The number of nitrogens with one attached hydrogen (secondary N) is 1. The molecule has 2 rings (SSSR count). The van der Waals surface area contributed by atoms with Crippen molar-refractivity contribution in [3.05, 3.63) is 64.2 Å². The molecule has 7 heteroatoms. The summed E-state index contributed by atoms with van der Waals surface area (Å²) >= 11 is 5.70. The van der Waals surface area contributed by atoms with E-state index in [9.17, 15) is 18.0 Å². The molecule has 21 heavy (non-hydrogen) atoms. The van der Waals surface area contributed by atoms with Crippen LogP contribution in [0.15, 0.2) is 30.5 Å². The van der Waals surface area contributed by atoms with Gasteiger partial charge in [-0.1, -0.05) is 11.6 Å². The van der Waals surface area contributed by atoms with Crippen molar-refractivity contribution in [1.29, 1.82) is 0 Å². The number of pyridine rings is 1. The number of hydrogen-bond donors (Lipinski definition) is 1. The van der Waals surface area contributed by atoms with Crippen LogP contribution < -0.4 is 5.32 Å². The summed E-state index contributed by atoms with van der Waals surface area (Å²) < 4.78 is 39.8. The van der Waals surface area contributed by atoms with Gasteiger partial charge < -0.3 is 5.32 Å². The van der Waals surface area contributed by atoms with Crippen LogP contribution in [-0.4, -0.2) is 10.9 Å². The van der Waals surface area contributed by atoms with Gasteiger partial charge in [0, 0.05) is 5.56 Å². The van der Waals surface area contributed by atoms with Crippen molar-refractivity contribution in [3.8, 4) is 0 Å². The fourth-order valence-electron chi connectivity index (χ4n) is 1.78. The van der Waals surface area contributed by atoms with E-state index in [1.807, 2.05) is 0 Å². The maximum Gasteiger partial charge on any atom is 0.254 e. The van der Waals surface area contributed by atoms with Gasteiger partial charge in [0.2, 0.25) is 0 Å². The summed E-state index contributed by atoms with van der Waals surface area (Å²) in [5.41, 5.74) is -0.204. The Morgan fingerprint density at radius 3 is 2.67 bits per heavy atom. The fourth-order valence-corrected chi connectivity index (χ4v) is 1.97. The van der Waals surface area contributed by atoms with Crippen molar-refractivity contribution in [2.24, 2.45) is 0 Å². The zero-order chi connectivity index (χ0) is 15.6. The predicted molar refractivity (Wildman–Crippen MR) is 71.4 cm³/mol. The molecule has 0 saturated heterocycles. The Labute approximate surface area is 123 Å². The minimum atomic E-state index is -0.826. The summed E-state index contributed by atoms with van der Waals surface area (Å²) in [7, 11) is 0. The lowest BCUT2D eigenvalue weighted by molar-refractivity contribution is 0.0938. The monoisotopic (exact) mass is 314 g/mol. The number of carbonyl (C=O) groups is 1. The Morgan fingerprint density at radius 1 is 1.24 bits per heavy atom. The normalized spacial score (nSPS) is 12.0. The van der Waals surface area contributed by atoms with E-state index in [0.717, 1.165) is 30.5 Å². The quantitative estimate of drug-likeness (QED) is 0.879. The Kier molecular flexibility index (Phi) is 4.47. The van der Waals surface area contributed by atoms with Gasteiger partial charge in [-0.25, -0.2) is 18.2 Å². The summed E-state index contributed by atoms with van der Waals surface area (Å²) in [4.78, 5) is 15.5. The predicted octanol–water partition coefficient (Wildman–Crippen LogP) is 3.64. The lowest BCUT2D eigenvalue weighted by atomic mass is 10.1. The molecular formula is C14H10ClF3N2O. The average Bonchev–Trinajstić information content (AvgIpc) is 2.43. The maximum atomic E-state index is 13.6. The van der Waals surface area contributed by atoms with E-state index in [1.165, 1.54) is 6.92 Å². The number of benzene rings is 1. The molecule has 1 unspecified atom stereocenters. The molecule has 0 saturated carbocycles. The first-order chi connectivity index (χ1) is 9.88. The molecule has 1 amide bonds. The fraction of sp³-hybridized carbons (Fsp3) is 0.143. The molecule has 1 N–H and O–H groups in total. The highest BCUT2D eigenvalue weighted by Gasteiger charge is 2.18. The van der Waals surface area contributed by atoms with Gasteiger partial charge in [-0.2, -0.15) is 0 Å². The maximum absolute atomic E-state index is 13.6. The molecule has 1 aromatic heterocycles. The third-order valence-electron chi connectivity index (χ3n) is 2.82. The number of carbonyl (C=O) groups excluding carboxylic acids is 1. The van der Waals surface area contributed by atoms with Crippen LogP contribution in [0.2, 0.25) is 5.15 Å². The van der Waals surface area contributed by atoms with E-state index in [1.54, 1.807) is 0 Å². The standard InChI is InChI=1S/C14H10ClF3N2O/c1-7(10-4-8(16)2-3-12(10)18)20-14(21)11-5-9(17)6-19-13(11)15/h2-7H,1H3,(H,20,21). The summed E-state index contributed by atoms with van der Waals surface area (Å²) in [5, 5.41) is 2.23. The number of aromatic nitrogens is 1. The summed E-state index contributed by atoms with van der Waals surface area (Å²) in [5.74, 6) is -2.75. The molecule has 0 aliphatic carbocycles. The highest BCUT2D eigenvalue weighted by Crippen LogP contribution is 2.20. The SMILES string of the molecule is CC(NC(=O)c1cc(F)cnc1Cl)c1cc(F)ccc1F. The number of hydrogen-bond acceptors (Lipinski definition) is 2. The molecule has 1 atom stereocenters. The van der Waals surface area contributed by atoms with Crippen molar-refractivity contribution in [2.45, 2.75) is 13.0 Å². The molecule has 0 aliphatic rings. The molecule has 0 radical (unpaired) electrons. The van der Waals surface area contributed by atoms with Crippen LogP contribution in [0.5, 0.6) is 0 Å². The molecule has 2 aromatic rings. The van der Waals surface area contributed by atoms with Crippen LogP contribution >= 0.6 is 11.6 Å². The van der Waals surface area contributed by atoms with E-state index in [2.05, 4.69) is 10.3 Å². The number of nitrogens with zero attached hydrogens (tertiary/aromatic N) is 1.